The summed E-state index contributed by atoms with van der Waals surface area (Å²) < 4.78 is 13.5. The molecule has 1 aliphatic rings. The predicted octanol–water partition coefficient (Wildman–Crippen LogP) is 2.82. The van der Waals surface area contributed by atoms with Crippen LogP contribution in [0, 0.1) is 11.2 Å². The Hall–Kier alpha value is -0.930. The van der Waals surface area contributed by atoms with Crippen LogP contribution < -0.4 is 5.32 Å². The van der Waals surface area contributed by atoms with Crippen molar-refractivity contribution in [1.29, 1.82) is 0 Å². The largest absolute Gasteiger partial charge is 0.314 e. The summed E-state index contributed by atoms with van der Waals surface area (Å²) in [6.45, 7) is 10.8. The number of benzene rings is 1. The van der Waals surface area contributed by atoms with E-state index in [-0.39, 0.29) is 17.3 Å². The fraction of sp³-hybridized carbons (Fsp3) is 0.600. The third-order valence-electron chi connectivity index (χ3n) is 3.50. The van der Waals surface area contributed by atoms with Crippen LogP contribution in [0.15, 0.2) is 24.3 Å². The normalized spacial score (nSPS) is 19.8. The van der Waals surface area contributed by atoms with E-state index in [0.717, 1.165) is 31.7 Å². The zero-order chi connectivity index (χ0) is 13.2. The first kappa shape index (κ1) is 13.5. The Bertz CT molecular complexity index is 392. The van der Waals surface area contributed by atoms with Gasteiger partial charge in [0.15, 0.2) is 0 Å². The average Bonchev–Trinajstić information content (AvgIpc) is 2.28. The van der Waals surface area contributed by atoms with Gasteiger partial charge in [-0.25, -0.2) is 4.39 Å². The molecule has 1 fully saturated rings. The van der Waals surface area contributed by atoms with Gasteiger partial charge in [0, 0.05) is 32.2 Å². The minimum Gasteiger partial charge on any atom is -0.314 e. The lowest BCUT2D eigenvalue weighted by atomic mass is 9.81. The number of halogens is 1. The zero-order valence-corrected chi connectivity index (χ0v) is 11.5. The molecule has 1 atom stereocenters. The summed E-state index contributed by atoms with van der Waals surface area (Å²) in [5.74, 6) is -0.142. The SMILES string of the molecule is CC(C)(C)[C@H](c1cccc(F)c1)N1CCNCC1. The maximum Gasteiger partial charge on any atom is 0.123 e. The van der Waals surface area contributed by atoms with E-state index in [0.29, 0.717) is 0 Å². The Balaban J connectivity index is 2.30. The Kier molecular flexibility index (Phi) is 4.03. The van der Waals surface area contributed by atoms with E-state index < -0.39 is 0 Å². The van der Waals surface area contributed by atoms with Crippen molar-refractivity contribution in [2.45, 2.75) is 26.8 Å². The van der Waals surface area contributed by atoms with Crippen molar-refractivity contribution in [2.24, 2.45) is 5.41 Å². The van der Waals surface area contributed by atoms with Gasteiger partial charge < -0.3 is 5.32 Å². The van der Waals surface area contributed by atoms with Crippen molar-refractivity contribution in [3.63, 3.8) is 0 Å². The molecular formula is C15H23FN2. The van der Waals surface area contributed by atoms with Crippen LogP contribution in [-0.4, -0.2) is 31.1 Å². The van der Waals surface area contributed by atoms with Crippen molar-refractivity contribution in [3.8, 4) is 0 Å². The Morgan fingerprint density at radius 2 is 1.89 bits per heavy atom. The maximum absolute atomic E-state index is 13.5. The number of hydrogen-bond acceptors (Lipinski definition) is 2. The second-order valence-corrected chi connectivity index (χ2v) is 6.11. The van der Waals surface area contributed by atoms with E-state index in [2.05, 4.69) is 31.0 Å². The molecule has 1 aliphatic heterocycles. The van der Waals surface area contributed by atoms with Crippen molar-refractivity contribution >= 4 is 0 Å². The highest BCUT2D eigenvalue weighted by molar-refractivity contribution is 5.22. The Labute approximate surface area is 109 Å². The summed E-state index contributed by atoms with van der Waals surface area (Å²) in [6.07, 6.45) is 0. The summed E-state index contributed by atoms with van der Waals surface area (Å²) in [4.78, 5) is 2.46. The third kappa shape index (κ3) is 3.09. The molecule has 100 valence electrons. The van der Waals surface area contributed by atoms with Crippen molar-refractivity contribution in [2.75, 3.05) is 26.2 Å². The molecule has 2 nitrogen and oxygen atoms in total. The van der Waals surface area contributed by atoms with E-state index >= 15 is 0 Å². The van der Waals surface area contributed by atoms with Crippen molar-refractivity contribution < 1.29 is 4.39 Å². The molecule has 1 aromatic carbocycles. The van der Waals surface area contributed by atoms with Crippen LogP contribution in [0.1, 0.15) is 32.4 Å². The topological polar surface area (TPSA) is 15.3 Å². The molecule has 2 rings (SSSR count). The van der Waals surface area contributed by atoms with Crippen LogP contribution >= 0.6 is 0 Å². The molecule has 3 heteroatoms. The molecule has 18 heavy (non-hydrogen) atoms. The van der Waals surface area contributed by atoms with Gasteiger partial charge in [-0.3, -0.25) is 4.90 Å². The first-order valence-corrected chi connectivity index (χ1v) is 6.69. The minimum atomic E-state index is -0.142. The van der Waals surface area contributed by atoms with Crippen molar-refractivity contribution in [1.82, 2.24) is 10.2 Å². The number of rotatable bonds is 2. The standard InChI is InChI=1S/C15H23FN2/c1-15(2,3)14(18-9-7-17-8-10-18)12-5-4-6-13(16)11-12/h4-6,11,14,17H,7-10H2,1-3H3/t14-/m0/s1. The lowest BCUT2D eigenvalue weighted by Gasteiger charge is -2.42. The highest BCUT2D eigenvalue weighted by Crippen LogP contribution is 2.38. The minimum absolute atomic E-state index is 0.102. The molecule has 0 aliphatic carbocycles. The molecule has 1 heterocycles. The molecule has 0 unspecified atom stereocenters. The van der Waals surface area contributed by atoms with Gasteiger partial charge in [0.1, 0.15) is 5.82 Å². The molecule has 0 spiro atoms. The first-order valence-electron chi connectivity index (χ1n) is 6.69. The van der Waals surface area contributed by atoms with E-state index in [1.807, 2.05) is 12.1 Å². The zero-order valence-electron chi connectivity index (χ0n) is 11.5. The van der Waals surface area contributed by atoms with Gasteiger partial charge in [0.25, 0.3) is 0 Å². The van der Waals surface area contributed by atoms with Crippen LogP contribution in [-0.2, 0) is 0 Å². The lowest BCUT2D eigenvalue weighted by Crippen LogP contribution is -2.48. The van der Waals surface area contributed by atoms with Gasteiger partial charge in [-0.2, -0.15) is 0 Å². The smallest absolute Gasteiger partial charge is 0.123 e. The van der Waals surface area contributed by atoms with Crippen molar-refractivity contribution in [3.05, 3.63) is 35.6 Å². The number of nitrogens with zero attached hydrogens (tertiary/aromatic N) is 1. The summed E-state index contributed by atoms with van der Waals surface area (Å²) >= 11 is 0. The summed E-state index contributed by atoms with van der Waals surface area (Å²) in [7, 11) is 0. The van der Waals surface area contributed by atoms with Gasteiger partial charge >= 0.3 is 0 Å². The second-order valence-electron chi connectivity index (χ2n) is 6.11. The third-order valence-corrected chi connectivity index (χ3v) is 3.50. The number of hydrogen-bond donors (Lipinski definition) is 1. The molecule has 0 radical (unpaired) electrons. The van der Waals surface area contributed by atoms with Crippen LogP contribution in [0.5, 0.6) is 0 Å². The lowest BCUT2D eigenvalue weighted by molar-refractivity contribution is 0.0860. The van der Waals surface area contributed by atoms with E-state index in [4.69, 9.17) is 0 Å². The average molecular weight is 250 g/mol. The number of nitrogens with one attached hydrogen (secondary N) is 1. The molecular weight excluding hydrogens is 227 g/mol. The van der Waals surface area contributed by atoms with E-state index in [1.54, 1.807) is 6.07 Å². The highest BCUT2D eigenvalue weighted by Gasteiger charge is 2.32. The Morgan fingerprint density at radius 3 is 2.44 bits per heavy atom. The maximum atomic E-state index is 13.5. The van der Waals surface area contributed by atoms with Crippen LogP contribution in [0.4, 0.5) is 4.39 Å². The number of piperazine rings is 1. The van der Waals surface area contributed by atoms with E-state index in [1.165, 1.54) is 6.07 Å². The second kappa shape index (κ2) is 5.37. The van der Waals surface area contributed by atoms with Gasteiger partial charge in [-0.1, -0.05) is 32.9 Å². The first-order chi connectivity index (χ1) is 8.48. The summed E-state index contributed by atoms with van der Waals surface area (Å²) in [6, 6.07) is 7.32. The van der Waals surface area contributed by atoms with Crippen LogP contribution in [0.3, 0.4) is 0 Å². The molecule has 0 aromatic heterocycles. The predicted molar refractivity (Wildman–Crippen MR) is 73.0 cm³/mol. The summed E-state index contributed by atoms with van der Waals surface area (Å²) in [5, 5.41) is 3.37. The monoisotopic (exact) mass is 250 g/mol. The van der Waals surface area contributed by atoms with Gasteiger partial charge in [0.2, 0.25) is 0 Å². The summed E-state index contributed by atoms with van der Waals surface area (Å²) in [5.41, 5.74) is 1.19. The fourth-order valence-corrected chi connectivity index (χ4v) is 2.88. The molecule has 0 amide bonds. The van der Waals surface area contributed by atoms with Gasteiger partial charge in [-0.15, -0.1) is 0 Å². The molecule has 1 N–H and O–H groups in total. The van der Waals surface area contributed by atoms with Crippen LogP contribution in [0.25, 0.3) is 0 Å². The fourth-order valence-electron chi connectivity index (χ4n) is 2.88. The van der Waals surface area contributed by atoms with Gasteiger partial charge in [-0.05, 0) is 23.1 Å². The molecule has 1 aromatic rings. The molecule has 1 saturated heterocycles. The molecule has 0 saturated carbocycles. The quantitative estimate of drug-likeness (QED) is 0.868. The van der Waals surface area contributed by atoms with Gasteiger partial charge in [0.05, 0.1) is 0 Å². The Morgan fingerprint density at radius 1 is 1.22 bits per heavy atom. The highest BCUT2D eigenvalue weighted by atomic mass is 19.1. The molecule has 0 bridgehead atoms. The van der Waals surface area contributed by atoms with E-state index in [9.17, 15) is 4.39 Å². The van der Waals surface area contributed by atoms with Crippen LogP contribution in [0.2, 0.25) is 0 Å².